The van der Waals surface area contributed by atoms with Crippen LogP contribution in [0.3, 0.4) is 0 Å². The Kier molecular flexibility index (Phi) is 7.84. The highest BCUT2D eigenvalue weighted by atomic mass is 32.2. The van der Waals surface area contributed by atoms with Crippen LogP contribution in [-0.2, 0) is 14.6 Å². The lowest BCUT2D eigenvalue weighted by Gasteiger charge is -2.20. The number of benzene rings is 2. The fourth-order valence-electron chi connectivity index (χ4n) is 4.02. The first-order valence-electron chi connectivity index (χ1n) is 10.2. The molecule has 0 aromatic heterocycles. The molecule has 0 fully saturated rings. The van der Waals surface area contributed by atoms with Crippen LogP contribution in [0.2, 0.25) is 0 Å². The number of aliphatic hydroxyl groups excluding tert-OH is 2. The fraction of sp³-hybridized carbons (Fsp3) is 0.333. The molecule has 0 aliphatic carbocycles. The smallest absolute Gasteiger partial charge is 0.165 e. The second-order valence-electron chi connectivity index (χ2n) is 7.77. The molecule has 0 radical (unpaired) electrons. The molecule has 0 saturated heterocycles. The maximum atomic E-state index is 13.8. The number of hydrogen-bond acceptors (Lipinski definition) is 6. The molecular formula is C24H27FO6S. The topological polar surface area (TPSA) is 104 Å². The predicted molar refractivity (Wildman–Crippen MR) is 121 cm³/mol. The van der Waals surface area contributed by atoms with E-state index < -0.39 is 39.4 Å². The minimum Gasteiger partial charge on any atom is -0.505 e. The van der Waals surface area contributed by atoms with Crippen molar-refractivity contribution in [3.05, 3.63) is 76.6 Å². The van der Waals surface area contributed by atoms with Gasteiger partial charge in [-0.1, -0.05) is 42.5 Å². The van der Waals surface area contributed by atoms with Gasteiger partial charge in [-0.2, -0.15) is 0 Å². The Labute approximate surface area is 187 Å². The van der Waals surface area contributed by atoms with Gasteiger partial charge in [-0.15, -0.1) is 0 Å². The summed E-state index contributed by atoms with van der Waals surface area (Å²) in [4.78, 5) is 0. The van der Waals surface area contributed by atoms with Crippen LogP contribution in [0.25, 0.3) is 11.6 Å². The molecule has 0 amide bonds. The Morgan fingerprint density at radius 2 is 1.97 bits per heavy atom. The monoisotopic (exact) mass is 462 g/mol. The molecule has 172 valence electrons. The van der Waals surface area contributed by atoms with Gasteiger partial charge in [0.2, 0.25) is 0 Å². The Hall–Kier alpha value is -2.52. The summed E-state index contributed by atoms with van der Waals surface area (Å²) in [6, 6.07) is 13.5. The van der Waals surface area contributed by atoms with E-state index >= 15 is 0 Å². The number of allylic oxidation sites excluding steroid dienone is 1. The van der Waals surface area contributed by atoms with Crippen molar-refractivity contribution in [3.63, 3.8) is 0 Å². The van der Waals surface area contributed by atoms with Crippen LogP contribution in [0, 0.1) is 5.82 Å². The van der Waals surface area contributed by atoms with Crippen molar-refractivity contribution >= 4 is 21.5 Å². The summed E-state index contributed by atoms with van der Waals surface area (Å²) in [5.41, 5.74) is 3.01. The summed E-state index contributed by atoms with van der Waals surface area (Å²) in [5.74, 6) is -1.41. The molecule has 3 rings (SSSR count). The first-order chi connectivity index (χ1) is 15.3. The molecule has 2 atom stereocenters. The van der Waals surface area contributed by atoms with Crippen LogP contribution in [-0.4, -0.2) is 61.2 Å². The molecular weight excluding hydrogens is 435 g/mol. The second-order valence-corrected chi connectivity index (χ2v) is 9.95. The number of sulfone groups is 1. The van der Waals surface area contributed by atoms with Gasteiger partial charge in [0.05, 0.1) is 25.1 Å². The minimum absolute atomic E-state index is 0.0658. The SMILES string of the molecule is COCC1=C([C@H](O)CC/C(=C/c2ccc(O)c(F)c2)c2ccccc2)[C@H](CO)S(=O)(=O)C1. The number of methoxy groups -OCH3 is 1. The van der Waals surface area contributed by atoms with Gasteiger partial charge in [0.1, 0.15) is 5.25 Å². The summed E-state index contributed by atoms with van der Waals surface area (Å²) in [7, 11) is -2.15. The molecule has 3 N–H and O–H groups in total. The molecule has 32 heavy (non-hydrogen) atoms. The maximum absolute atomic E-state index is 13.8. The van der Waals surface area contributed by atoms with Gasteiger partial charge in [0.25, 0.3) is 0 Å². The van der Waals surface area contributed by atoms with Crippen molar-refractivity contribution < 1.29 is 32.9 Å². The molecule has 8 heteroatoms. The van der Waals surface area contributed by atoms with Gasteiger partial charge in [-0.25, -0.2) is 12.8 Å². The largest absolute Gasteiger partial charge is 0.505 e. The third-order valence-corrected chi connectivity index (χ3v) is 7.57. The molecule has 0 spiro atoms. The summed E-state index contributed by atoms with van der Waals surface area (Å²) < 4.78 is 43.7. The van der Waals surface area contributed by atoms with E-state index in [1.165, 1.54) is 19.2 Å². The van der Waals surface area contributed by atoms with Gasteiger partial charge in [0.15, 0.2) is 21.4 Å². The van der Waals surface area contributed by atoms with Crippen LogP contribution in [0.15, 0.2) is 59.7 Å². The van der Waals surface area contributed by atoms with Crippen molar-refractivity contribution in [1.82, 2.24) is 0 Å². The van der Waals surface area contributed by atoms with Crippen LogP contribution >= 0.6 is 0 Å². The zero-order valence-electron chi connectivity index (χ0n) is 17.7. The standard InChI is InChI=1S/C24H27FO6S/c1-31-14-19-15-32(29,30)23(13-26)24(19)22(28)10-8-18(17-5-3-2-4-6-17)11-16-7-9-21(27)20(25)12-16/h2-7,9,11-12,22-23,26-28H,8,10,13-15H2,1H3/b18-11-/t22-,23+/m1/s1. The van der Waals surface area contributed by atoms with Gasteiger partial charge in [-0.05, 0) is 52.8 Å². The third-order valence-electron chi connectivity index (χ3n) is 5.55. The Morgan fingerprint density at radius 1 is 1.25 bits per heavy atom. The normalized spacial score (nSPS) is 19.4. The highest BCUT2D eigenvalue weighted by molar-refractivity contribution is 7.92. The summed E-state index contributed by atoms with van der Waals surface area (Å²) in [6.45, 7) is -0.535. The Morgan fingerprint density at radius 3 is 2.59 bits per heavy atom. The number of ether oxygens (including phenoxy) is 1. The van der Waals surface area contributed by atoms with Crippen LogP contribution in [0.4, 0.5) is 4.39 Å². The van der Waals surface area contributed by atoms with E-state index in [1.807, 2.05) is 30.3 Å². The van der Waals surface area contributed by atoms with Gasteiger partial charge >= 0.3 is 0 Å². The molecule has 2 aromatic rings. The number of phenolic OH excluding ortho intramolecular Hbond substituents is 1. The van der Waals surface area contributed by atoms with Gasteiger partial charge < -0.3 is 20.1 Å². The molecule has 1 aliphatic rings. The summed E-state index contributed by atoms with van der Waals surface area (Å²) in [5, 5.41) is 28.9. The molecule has 1 aliphatic heterocycles. The lowest BCUT2D eigenvalue weighted by atomic mass is 9.92. The zero-order valence-corrected chi connectivity index (χ0v) is 18.6. The van der Waals surface area contributed by atoms with Crippen molar-refractivity contribution in [2.45, 2.75) is 24.2 Å². The van der Waals surface area contributed by atoms with Crippen LogP contribution in [0.5, 0.6) is 5.75 Å². The lowest BCUT2D eigenvalue weighted by Crippen LogP contribution is -2.29. The van der Waals surface area contributed by atoms with Crippen molar-refractivity contribution in [1.29, 1.82) is 0 Å². The average molecular weight is 463 g/mol. The molecule has 0 saturated carbocycles. The molecule has 0 bridgehead atoms. The van der Waals surface area contributed by atoms with E-state index in [9.17, 15) is 28.1 Å². The Bertz CT molecular complexity index is 1110. The fourth-order valence-corrected chi connectivity index (χ4v) is 5.90. The van der Waals surface area contributed by atoms with Crippen molar-refractivity contribution in [2.24, 2.45) is 0 Å². The summed E-state index contributed by atoms with van der Waals surface area (Å²) >= 11 is 0. The van der Waals surface area contributed by atoms with Crippen LogP contribution < -0.4 is 0 Å². The third kappa shape index (κ3) is 5.45. The number of hydrogen-bond donors (Lipinski definition) is 3. The summed E-state index contributed by atoms with van der Waals surface area (Å²) in [6.07, 6.45) is 1.26. The number of aliphatic hydroxyl groups is 2. The maximum Gasteiger partial charge on any atom is 0.165 e. The first kappa shape index (κ1) is 24.1. The van der Waals surface area contributed by atoms with Gasteiger partial charge in [-0.3, -0.25) is 0 Å². The van der Waals surface area contributed by atoms with Crippen LogP contribution in [0.1, 0.15) is 24.0 Å². The van der Waals surface area contributed by atoms with Crippen molar-refractivity contribution in [2.75, 3.05) is 26.1 Å². The number of phenols is 1. The minimum atomic E-state index is -3.59. The van der Waals surface area contributed by atoms with Crippen molar-refractivity contribution in [3.8, 4) is 5.75 Å². The number of aromatic hydroxyl groups is 1. The number of rotatable bonds is 9. The first-order valence-corrected chi connectivity index (χ1v) is 11.9. The van der Waals surface area contributed by atoms with E-state index in [4.69, 9.17) is 4.74 Å². The van der Waals surface area contributed by atoms with E-state index in [0.29, 0.717) is 23.1 Å². The lowest BCUT2D eigenvalue weighted by molar-refractivity contribution is 0.184. The Balaban J connectivity index is 1.89. The molecule has 0 unspecified atom stereocenters. The highest BCUT2D eigenvalue weighted by Gasteiger charge is 2.41. The zero-order chi connectivity index (χ0) is 23.3. The van der Waals surface area contributed by atoms with E-state index in [-0.39, 0.29) is 18.8 Å². The predicted octanol–water partition coefficient (Wildman–Crippen LogP) is 2.95. The quantitative estimate of drug-likeness (QED) is 0.391. The average Bonchev–Trinajstić information content (AvgIpc) is 3.03. The van der Waals surface area contributed by atoms with Gasteiger partial charge in [0, 0.05) is 7.11 Å². The number of halogens is 1. The van der Waals surface area contributed by atoms with E-state index in [2.05, 4.69) is 0 Å². The molecule has 1 heterocycles. The highest BCUT2D eigenvalue weighted by Crippen LogP contribution is 2.33. The molecule has 2 aromatic carbocycles. The van der Waals surface area contributed by atoms with E-state index in [1.54, 1.807) is 12.1 Å². The second kappa shape index (κ2) is 10.4. The van der Waals surface area contributed by atoms with E-state index in [0.717, 1.165) is 11.1 Å². The molecule has 6 nitrogen and oxygen atoms in total.